The van der Waals surface area contributed by atoms with Gasteiger partial charge in [-0.2, -0.15) is 13.7 Å². The number of halogens is 4. The highest BCUT2D eigenvalue weighted by Crippen LogP contribution is 2.27. The molecule has 5 rings (SSSR count). The Labute approximate surface area is 313 Å². The standard InChI is InChI=1S/C34H28BrCl3N4O6S2/c35-26-7-13-30(14-8-26)50(46,47)42(20-24-4-2-1-3-5-24)23-34(43)40-39-19-28-11-12-29(48-28)22-41(21-25-6-17-32(37)33(38)18-25)49(44,45)31-15-9-27(36)10-16-31/h1-19H,20-23H2,(H,40,43)/b39-19-. The van der Waals surface area contributed by atoms with Crippen molar-refractivity contribution in [1.82, 2.24) is 14.0 Å². The third-order valence-electron chi connectivity index (χ3n) is 7.16. The summed E-state index contributed by atoms with van der Waals surface area (Å²) in [6.45, 7) is -0.770. The predicted molar refractivity (Wildman–Crippen MR) is 197 cm³/mol. The molecule has 0 bridgehead atoms. The molecule has 0 atom stereocenters. The van der Waals surface area contributed by atoms with Gasteiger partial charge in [-0.05, 0) is 83.9 Å². The van der Waals surface area contributed by atoms with Crippen LogP contribution < -0.4 is 5.43 Å². The zero-order chi connectivity index (χ0) is 35.9. The number of rotatable bonds is 14. The summed E-state index contributed by atoms with van der Waals surface area (Å²) in [7, 11) is -8.08. The van der Waals surface area contributed by atoms with Gasteiger partial charge in [-0.1, -0.05) is 87.1 Å². The average molecular weight is 839 g/mol. The molecular formula is C34H28BrCl3N4O6S2. The highest BCUT2D eigenvalue weighted by Gasteiger charge is 2.28. The van der Waals surface area contributed by atoms with Gasteiger partial charge >= 0.3 is 0 Å². The van der Waals surface area contributed by atoms with Gasteiger partial charge in [0.05, 0.1) is 39.1 Å². The van der Waals surface area contributed by atoms with Crippen molar-refractivity contribution in [3.63, 3.8) is 0 Å². The molecule has 4 aromatic carbocycles. The fourth-order valence-corrected chi connectivity index (χ4v) is 8.17. The van der Waals surface area contributed by atoms with Crippen LogP contribution in [0.3, 0.4) is 0 Å². The highest BCUT2D eigenvalue weighted by molar-refractivity contribution is 9.10. The maximum Gasteiger partial charge on any atom is 0.255 e. The van der Waals surface area contributed by atoms with E-state index in [4.69, 9.17) is 39.2 Å². The molecule has 0 saturated carbocycles. The van der Waals surface area contributed by atoms with Crippen molar-refractivity contribution in [1.29, 1.82) is 0 Å². The second-order valence-electron chi connectivity index (χ2n) is 10.8. The number of hydrogen-bond donors (Lipinski definition) is 1. The molecule has 10 nitrogen and oxygen atoms in total. The minimum atomic E-state index is -4.05. The van der Waals surface area contributed by atoms with Gasteiger partial charge in [0.15, 0.2) is 0 Å². The van der Waals surface area contributed by atoms with E-state index in [9.17, 15) is 21.6 Å². The molecular weight excluding hydrogens is 811 g/mol. The number of nitrogens with one attached hydrogen (secondary N) is 1. The third-order valence-corrected chi connectivity index (χ3v) is 12.3. The van der Waals surface area contributed by atoms with E-state index in [0.717, 1.165) is 4.31 Å². The Bertz CT molecular complexity index is 2200. The van der Waals surface area contributed by atoms with E-state index in [0.29, 0.717) is 25.6 Å². The lowest BCUT2D eigenvalue weighted by molar-refractivity contribution is -0.121. The van der Waals surface area contributed by atoms with Crippen LogP contribution in [0, 0.1) is 0 Å². The van der Waals surface area contributed by atoms with Gasteiger partial charge in [0.2, 0.25) is 20.0 Å². The normalized spacial score (nSPS) is 12.2. The zero-order valence-electron chi connectivity index (χ0n) is 25.9. The van der Waals surface area contributed by atoms with Crippen molar-refractivity contribution < 1.29 is 26.0 Å². The first-order valence-corrected chi connectivity index (χ1v) is 19.5. The maximum atomic E-state index is 13.7. The summed E-state index contributed by atoms with van der Waals surface area (Å²) in [5, 5.41) is 4.93. The van der Waals surface area contributed by atoms with Crippen LogP contribution in [0.15, 0.2) is 133 Å². The number of sulfonamides is 2. The number of nitrogens with zero attached hydrogens (tertiary/aromatic N) is 3. The molecule has 1 N–H and O–H groups in total. The summed E-state index contributed by atoms with van der Waals surface area (Å²) in [5.41, 5.74) is 3.63. The Morgan fingerprint density at radius 3 is 2.00 bits per heavy atom. The number of amides is 1. The topological polar surface area (TPSA) is 129 Å². The lowest BCUT2D eigenvalue weighted by atomic mass is 10.2. The van der Waals surface area contributed by atoms with Gasteiger partial charge in [0.25, 0.3) is 5.91 Å². The van der Waals surface area contributed by atoms with Crippen LogP contribution in [0.25, 0.3) is 0 Å². The number of hydrogen-bond acceptors (Lipinski definition) is 7. The Morgan fingerprint density at radius 1 is 0.720 bits per heavy atom. The monoisotopic (exact) mass is 836 g/mol. The van der Waals surface area contributed by atoms with Crippen molar-refractivity contribution in [2.24, 2.45) is 5.10 Å². The third kappa shape index (κ3) is 9.83. The Kier molecular flexibility index (Phi) is 12.6. The van der Waals surface area contributed by atoms with E-state index in [2.05, 4.69) is 26.5 Å². The summed E-state index contributed by atoms with van der Waals surface area (Å²) in [4.78, 5) is 13.0. The number of carbonyl (C=O) groups is 1. The van der Waals surface area contributed by atoms with E-state index >= 15 is 0 Å². The van der Waals surface area contributed by atoms with Crippen LogP contribution in [0.1, 0.15) is 22.6 Å². The first-order chi connectivity index (χ1) is 23.8. The number of furan rings is 1. The van der Waals surface area contributed by atoms with Crippen molar-refractivity contribution in [2.45, 2.75) is 29.4 Å². The highest BCUT2D eigenvalue weighted by atomic mass is 79.9. The average Bonchev–Trinajstić information content (AvgIpc) is 3.53. The minimum absolute atomic E-state index is 0.0291. The first-order valence-electron chi connectivity index (χ1n) is 14.7. The Hall–Kier alpha value is -3.53. The van der Waals surface area contributed by atoms with Gasteiger partial charge in [-0.3, -0.25) is 4.79 Å². The maximum absolute atomic E-state index is 13.7. The molecule has 5 aromatic rings. The number of hydrazone groups is 1. The molecule has 0 aliphatic rings. The van der Waals surface area contributed by atoms with E-state index < -0.39 is 32.5 Å². The summed E-state index contributed by atoms with van der Waals surface area (Å²) in [5.74, 6) is -0.196. The van der Waals surface area contributed by atoms with Crippen LogP contribution >= 0.6 is 50.7 Å². The summed E-state index contributed by atoms with van der Waals surface area (Å²) < 4.78 is 63.2. The quantitative estimate of drug-likeness (QED) is 0.0901. The van der Waals surface area contributed by atoms with E-state index in [1.54, 1.807) is 66.7 Å². The molecule has 0 unspecified atom stereocenters. The van der Waals surface area contributed by atoms with Crippen LogP contribution in [0.5, 0.6) is 0 Å². The van der Waals surface area contributed by atoms with Crippen molar-refractivity contribution in [2.75, 3.05) is 6.54 Å². The van der Waals surface area contributed by atoms with Gasteiger partial charge < -0.3 is 4.42 Å². The molecule has 16 heteroatoms. The molecule has 0 fully saturated rings. The molecule has 50 heavy (non-hydrogen) atoms. The van der Waals surface area contributed by atoms with Crippen LogP contribution in [-0.4, -0.2) is 44.1 Å². The Morgan fingerprint density at radius 2 is 1.34 bits per heavy atom. The molecule has 0 aliphatic heterocycles. The fourth-order valence-electron chi connectivity index (χ4n) is 4.68. The number of carbonyl (C=O) groups excluding carboxylic acids is 1. The van der Waals surface area contributed by atoms with Crippen molar-refractivity contribution in [3.05, 3.63) is 151 Å². The first kappa shape index (κ1) is 37.7. The van der Waals surface area contributed by atoms with Gasteiger partial charge in [0.1, 0.15) is 11.5 Å². The summed E-state index contributed by atoms with van der Waals surface area (Å²) in [6.07, 6.45) is 1.23. The van der Waals surface area contributed by atoms with Crippen molar-refractivity contribution >= 4 is 82.9 Å². The summed E-state index contributed by atoms with van der Waals surface area (Å²) >= 11 is 21.5. The molecule has 1 heterocycles. The smallest absolute Gasteiger partial charge is 0.255 e. The van der Waals surface area contributed by atoms with E-state index in [1.807, 2.05) is 6.07 Å². The second kappa shape index (κ2) is 16.7. The summed E-state index contributed by atoms with van der Waals surface area (Å²) in [6, 6.07) is 28.8. The molecule has 0 spiro atoms. The zero-order valence-corrected chi connectivity index (χ0v) is 31.4. The second-order valence-corrected chi connectivity index (χ2v) is 16.8. The van der Waals surface area contributed by atoms with Crippen molar-refractivity contribution in [3.8, 4) is 0 Å². The van der Waals surface area contributed by atoms with E-state index in [-0.39, 0.29) is 46.0 Å². The fraction of sp³-hybridized carbons (Fsp3) is 0.118. The molecule has 0 radical (unpaired) electrons. The van der Waals surface area contributed by atoms with Crippen LogP contribution in [0.4, 0.5) is 0 Å². The molecule has 0 saturated heterocycles. The SMILES string of the molecule is O=C(CN(Cc1ccccc1)S(=O)(=O)c1ccc(Br)cc1)N/N=C\c1ccc(CN(Cc2ccc(Cl)c(Cl)c2)S(=O)(=O)c2ccc(Cl)cc2)o1. The lowest BCUT2D eigenvalue weighted by Crippen LogP contribution is -2.39. The van der Waals surface area contributed by atoms with E-state index in [1.165, 1.54) is 46.9 Å². The lowest BCUT2D eigenvalue weighted by Gasteiger charge is -2.22. The van der Waals surface area contributed by atoms with Crippen LogP contribution in [0.2, 0.25) is 15.1 Å². The molecule has 260 valence electrons. The van der Waals surface area contributed by atoms with Gasteiger partial charge in [-0.15, -0.1) is 0 Å². The minimum Gasteiger partial charge on any atom is -0.459 e. The molecule has 0 aliphatic carbocycles. The molecule has 1 aromatic heterocycles. The van der Waals surface area contributed by atoms with Gasteiger partial charge in [0, 0.05) is 22.6 Å². The Balaban J connectivity index is 1.29. The number of benzene rings is 4. The largest absolute Gasteiger partial charge is 0.459 e. The van der Waals surface area contributed by atoms with Gasteiger partial charge in [-0.25, -0.2) is 22.3 Å². The van der Waals surface area contributed by atoms with Crippen LogP contribution in [-0.2, 0) is 44.5 Å². The predicted octanol–water partition coefficient (Wildman–Crippen LogP) is 7.73. The molecule has 1 amide bonds.